The Balaban J connectivity index is 1.36. The van der Waals surface area contributed by atoms with Crippen LogP contribution in [0.2, 0.25) is 33.2 Å². The van der Waals surface area contributed by atoms with Gasteiger partial charge in [-0.2, -0.15) is 0 Å². The van der Waals surface area contributed by atoms with Crippen molar-refractivity contribution in [2.75, 3.05) is 26.4 Å². The third-order valence-electron chi connectivity index (χ3n) is 18.5. The van der Waals surface area contributed by atoms with Gasteiger partial charge >= 0.3 is 0 Å². The molecule has 8 aromatic carbocycles. The van der Waals surface area contributed by atoms with Gasteiger partial charge in [-0.25, -0.2) is 0 Å². The molecule has 442 valence electrons. The lowest BCUT2D eigenvalue weighted by Gasteiger charge is -2.38. The quantitative estimate of drug-likeness (QED) is 0.0385. The van der Waals surface area contributed by atoms with Crippen LogP contribution in [0.15, 0.2) is 72.8 Å². The Labute approximate surface area is 509 Å². The number of hydrogen-bond donors (Lipinski definition) is 0. The fourth-order valence-electron chi connectivity index (χ4n) is 13.8. The normalized spacial score (nSPS) is 12.4. The van der Waals surface area contributed by atoms with Crippen LogP contribution in [0, 0.1) is 70.3 Å². The summed E-state index contributed by atoms with van der Waals surface area (Å²) in [5, 5.41) is 13.2. The molecule has 4 nitrogen and oxygen atoms in total. The third kappa shape index (κ3) is 12.9. The topological polar surface area (TPSA) is 36.9 Å². The van der Waals surface area contributed by atoms with Gasteiger partial charge in [-0.15, -0.1) is 11.1 Å². The summed E-state index contributed by atoms with van der Waals surface area (Å²) in [6.45, 7) is 49.1. The van der Waals surface area contributed by atoms with Crippen LogP contribution >= 0.6 is 0 Å². The monoisotopic (exact) mass is 1150 g/mol. The first-order chi connectivity index (χ1) is 39.9. The minimum absolute atomic E-state index is 0.497. The number of rotatable bonds is 22. The van der Waals surface area contributed by atoms with Crippen molar-refractivity contribution in [3.8, 4) is 69.6 Å². The minimum atomic E-state index is -2.07. The Morgan fingerprint density at radius 1 is 0.286 bits per heavy atom. The van der Waals surface area contributed by atoms with Crippen LogP contribution in [0.3, 0.4) is 0 Å². The minimum Gasteiger partial charge on any atom is -0.493 e. The van der Waals surface area contributed by atoms with E-state index in [-0.39, 0.29) is 0 Å². The van der Waals surface area contributed by atoms with Crippen molar-refractivity contribution in [2.45, 2.75) is 197 Å². The lowest BCUT2D eigenvalue weighted by Crippen LogP contribution is -2.43. The van der Waals surface area contributed by atoms with E-state index in [1.54, 1.807) is 0 Å². The fraction of sp³-hybridized carbons (Fsp3) is 0.487. The van der Waals surface area contributed by atoms with Gasteiger partial charge in [-0.05, 0) is 165 Å². The molecule has 0 aliphatic rings. The van der Waals surface area contributed by atoms with E-state index in [0.29, 0.717) is 83.3 Å². The molecule has 0 radical (unpaired) electrons. The molecule has 0 spiro atoms. The van der Waals surface area contributed by atoms with Crippen molar-refractivity contribution in [2.24, 2.45) is 23.7 Å². The molecule has 0 bridgehead atoms. The predicted molar refractivity (Wildman–Crippen MR) is 370 cm³/mol. The average molecular weight is 1160 g/mol. The van der Waals surface area contributed by atoms with Gasteiger partial charge in [0.1, 0.15) is 39.1 Å². The van der Waals surface area contributed by atoms with E-state index >= 15 is 0 Å². The lowest BCUT2D eigenvalue weighted by molar-refractivity contribution is 0.292. The maximum Gasteiger partial charge on any atom is 0.146 e. The third-order valence-corrected chi connectivity index (χ3v) is 31.1. The Morgan fingerprint density at radius 2 is 0.488 bits per heavy atom. The van der Waals surface area contributed by atoms with Crippen molar-refractivity contribution in [3.63, 3.8) is 0 Å². The van der Waals surface area contributed by atoms with E-state index < -0.39 is 16.1 Å². The van der Waals surface area contributed by atoms with Gasteiger partial charge in [-0.3, -0.25) is 0 Å². The Bertz CT molecular complexity index is 3580. The van der Waals surface area contributed by atoms with Gasteiger partial charge in [-0.1, -0.05) is 186 Å². The van der Waals surface area contributed by atoms with E-state index in [4.69, 9.17) is 18.9 Å². The van der Waals surface area contributed by atoms with E-state index in [9.17, 15) is 0 Å². The largest absolute Gasteiger partial charge is 0.493 e. The maximum atomic E-state index is 6.80. The molecule has 0 aliphatic heterocycles. The van der Waals surface area contributed by atoms with Gasteiger partial charge in [0.2, 0.25) is 0 Å². The fourth-order valence-corrected chi connectivity index (χ4v) is 24.2. The zero-order chi connectivity index (χ0) is 60.9. The average Bonchev–Trinajstić information content (AvgIpc) is 0.839. The molecule has 8 aromatic rings. The molecule has 0 heterocycles. The van der Waals surface area contributed by atoms with Crippen molar-refractivity contribution in [3.05, 3.63) is 95.1 Å². The Kier molecular flexibility index (Phi) is 20.5. The van der Waals surface area contributed by atoms with Crippen LogP contribution in [-0.4, -0.2) is 42.6 Å². The Morgan fingerprint density at radius 3 is 0.690 bits per heavy atom. The zero-order valence-electron chi connectivity index (χ0n) is 55.0. The summed E-state index contributed by atoms with van der Waals surface area (Å²) in [4.78, 5) is 0. The first-order valence-electron chi connectivity index (χ1n) is 32.1. The van der Waals surface area contributed by atoms with E-state index in [1.807, 2.05) is 0 Å². The van der Waals surface area contributed by atoms with Crippen molar-refractivity contribution < 1.29 is 18.9 Å². The van der Waals surface area contributed by atoms with Crippen LogP contribution in [0.4, 0.5) is 0 Å². The van der Waals surface area contributed by atoms with E-state index in [1.165, 1.54) is 0 Å². The van der Waals surface area contributed by atoms with Crippen LogP contribution in [0.1, 0.15) is 186 Å². The van der Waals surface area contributed by atoms with Crippen molar-refractivity contribution >= 4 is 80.8 Å². The van der Waals surface area contributed by atoms with E-state index in [2.05, 4.69) is 258 Å². The van der Waals surface area contributed by atoms with Crippen LogP contribution in [0.5, 0.6) is 23.0 Å². The van der Waals surface area contributed by atoms with Crippen molar-refractivity contribution in [1.29, 1.82) is 0 Å². The SMILES string of the molecule is CC(C)CCOc1cc(C#CC#Cc2cc(OCCC(C)C)c3ccc4c(OCCC(C)C)cc(C#C[Si](C(C)C)(C(C)C)C(C)C)c5ccc2c3c54)c2ccc3c(C#C[Si](C(C)C)(C(C)C)C(C)C)cc(OCCC(C)C)c4ccc1c2c34. The molecule has 6 heteroatoms. The first-order valence-corrected chi connectivity index (χ1v) is 36.5. The van der Waals surface area contributed by atoms with Crippen LogP contribution in [-0.2, 0) is 0 Å². The molecule has 0 saturated heterocycles. The molecule has 8 rings (SSSR count). The highest BCUT2D eigenvalue weighted by Crippen LogP contribution is 2.48. The summed E-state index contributed by atoms with van der Waals surface area (Å²) < 4.78 is 27.2. The summed E-state index contributed by atoms with van der Waals surface area (Å²) in [6.07, 6.45) is 3.81. The molecular weight excluding hydrogens is 1060 g/mol. The highest BCUT2D eigenvalue weighted by molar-refractivity contribution is 6.91. The number of hydrogen-bond acceptors (Lipinski definition) is 4. The second-order valence-electron chi connectivity index (χ2n) is 27.7. The predicted octanol–water partition coefficient (Wildman–Crippen LogP) is 21.7. The standard InChI is InChI=1S/C78H98O4Si2/c1-49(2)33-39-79-71-45-59(63-25-27-65-61(37-43-83(53(9)10,54(11)12)55(13)14)47-73(81-41-35-51(5)6)69-31-29-67(71)75(63)77(65)69)23-21-22-24-60-46-72(80-40-34-50(3)4)68-30-32-70-74(82-42-36-52(7)8)48-62(66-28-26-64(60)76(68)78(66)70)38-44-84(56(15)16,57(17)18)58(19)20/h25-32,45-58H,33-36,39-42H2,1-20H3. The van der Waals surface area contributed by atoms with Gasteiger partial charge in [0.05, 0.1) is 26.4 Å². The summed E-state index contributed by atoms with van der Waals surface area (Å²) >= 11 is 0. The lowest BCUT2D eigenvalue weighted by atomic mass is 9.89. The zero-order valence-corrected chi connectivity index (χ0v) is 57.0. The first kappa shape index (κ1) is 63.7. The molecule has 0 aromatic heterocycles. The number of ether oxygens (including phenoxy) is 4. The van der Waals surface area contributed by atoms with Gasteiger partial charge in [0.15, 0.2) is 0 Å². The molecule has 0 atom stereocenters. The van der Waals surface area contributed by atoms with Crippen LogP contribution < -0.4 is 18.9 Å². The molecule has 0 unspecified atom stereocenters. The molecule has 0 N–H and O–H groups in total. The smallest absolute Gasteiger partial charge is 0.146 e. The van der Waals surface area contributed by atoms with Gasteiger partial charge in [0.25, 0.3) is 0 Å². The van der Waals surface area contributed by atoms with Gasteiger partial charge < -0.3 is 18.9 Å². The maximum absolute atomic E-state index is 6.80. The van der Waals surface area contributed by atoms with E-state index in [0.717, 1.165) is 136 Å². The Hall–Kier alpha value is -6.29. The summed E-state index contributed by atoms with van der Waals surface area (Å²) in [6, 6.07) is 26.7. The molecule has 0 amide bonds. The summed E-state index contributed by atoms with van der Waals surface area (Å²) in [7, 11) is -4.13. The molecular formula is C78H98O4Si2. The summed E-state index contributed by atoms with van der Waals surface area (Å²) in [5.41, 5.74) is 15.0. The second-order valence-corrected chi connectivity index (χ2v) is 38.9. The van der Waals surface area contributed by atoms with Crippen molar-refractivity contribution in [1.82, 2.24) is 0 Å². The highest BCUT2D eigenvalue weighted by atomic mass is 28.3. The molecule has 0 saturated carbocycles. The molecule has 0 aliphatic carbocycles. The summed E-state index contributed by atoms with van der Waals surface area (Å²) in [5.74, 6) is 27.2. The molecule has 0 fully saturated rings. The van der Waals surface area contributed by atoms with Gasteiger partial charge in [0, 0.05) is 65.3 Å². The highest BCUT2D eigenvalue weighted by Gasteiger charge is 2.43. The number of benzene rings is 8. The van der Waals surface area contributed by atoms with Crippen LogP contribution in [0.25, 0.3) is 64.6 Å². The second kappa shape index (κ2) is 27.0. The molecule has 84 heavy (non-hydrogen) atoms.